The molecule has 0 radical (unpaired) electrons. The number of urea groups is 1. The molecule has 0 bridgehead atoms. The molecule has 20 heavy (non-hydrogen) atoms. The Morgan fingerprint density at radius 2 is 2.05 bits per heavy atom. The molecule has 6 nitrogen and oxygen atoms in total. The predicted octanol–water partition coefficient (Wildman–Crippen LogP) is 1.62. The first-order valence-electron chi connectivity index (χ1n) is 6.55. The molecule has 0 aliphatic carbocycles. The Kier molecular flexibility index (Phi) is 4.24. The summed E-state index contributed by atoms with van der Waals surface area (Å²) >= 11 is 0. The highest BCUT2D eigenvalue weighted by Gasteiger charge is 2.27. The molecule has 1 aromatic rings. The molecule has 2 unspecified atom stereocenters. The lowest BCUT2D eigenvalue weighted by molar-refractivity contribution is 0.0506. The highest BCUT2D eigenvalue weighted by atomic mass is 16.4. The molecule has 3 N–H and O–H groups in total. The minimum absolute atomic E-state index is 0.0178. The van der Waals surface area contributed by atoms with Crippen LogP contribution in [0.15, 0.2) is 24.3 Å². The van der Waals surface area contributed by atoms with E-state index in [1.165, 1.54) is 6.07 Å². The van der Waals surface area contributed by atoms with Gasteiger partial charge < -0.3 is 20.4 Å². The number of aromatic carboxylic acids is 1. The van der Waals surface area contributed by atoms with Gasteiger partial charge in [0, 0.05) is 13.1 Å². The molecule has 0 spiro atoms. The lowest BCUT2D eigenvalue weighted by atomic mass is 9.97. The number of anilines is 1. The zero-order valence-corrected chi connectivity index (χ0v) is 11.2. The SMILES string of the molecule is CC1CN(C(=O)Nc2ccccc2C(=O)O)CCC1O. The Balaban J connectivity index is 2.07. The molecular weight excluding hydrogens is 260 g/mol. The van der Waals surface area contributed by atoms with Crippen LogP contribution >= 0.6 is 0 Å². The van der Waals surface area contributed by atoms with Crippen molar-refractivity contribution in [3.63, 3.8) is 0 Å². The molecule has 2 amide bonds. The standard InChI is InChI=1S/C14H18N2O4/c1-9-8-16(7-6-12(9)17)14(20)15-11-5-3-2-4-10(11)13(18)19/h2-5,9,12,17H,6-8H2,1H3,(H,15,20)(H,18,19). The van der Waals surface area contributed by atoms with Gasteiger partial charge in [-0.25, -0.2) is 9.59 Å². The summed E-state index contributed by atoms with van der Waals surface area (Å²) in [5.41, 5.74) is 0.342. The van der Waals surface area contributed by atoms with E-state index in [0.29, 0.717) is 19.5 Å². The normalized spacial score (nSPS) is 22.4. The number of rotatable bonds is 2. The topological polar surface area (TPSA) is 89.9 Å². The fraction of sp³-hybridized carbons (Fsp3) is 0.429. The van der Waals surface area contributed by atoms with Crippen LogP contribution in [0.5, 0.6) is 0 Å². The highest BCUT2D eigenvalue weighted by molar-refractivity contribution is 5.99. The molecule has 1 fully saturated rings. The summed E-state index contributed by atoms with van der Waals surface area (Å²) in [7, 11) is 0. The van der Waals surface area contributed by atoms with Crippen LogP contribution in [0.3, 0.4) is 0 Å². The van der Waals surface area contributed by atoms with Gasteiger partial charge in [0.1, 0.15) is 0 Å². The number of hydrogen-bond donors (Lipinski definition) is 3. The summed E-state index contributed by atoms with van der Waals surface area (Å²) in [6, 6.07) is 5.95. The summed E-state index contributed by atoms with van der Waals surface area (Å²) in [5.74, 6) is -1.06. The van der Waals surface area contributed by atoms with Gasteiger partial charge in [-0.05, 0) is 24.5 Å². The summed E-state index contributed by atoms with van der Waals surface area (Å²) < 4.78 is 0. The van der Waals surface area contributed by atoms with Gasteiger partial charge in [-0.3, -0.25) is 0 Å². The number of amides is 2. The van der Waals surface area contributed by atoms with Crippen LogP contribution < -0.4 is 5.32 Å². The molecule has 2 rings (SSSR count). The van der Waals surface area contributed by atoms with E-state index in [1.54, 1.807) is 23.1 Å². The van der Waals surface area contributed by atoms with Crippen molar-refractivity contribution in [3.8, 4) is 0 Å². The second kappa shape index (κ2) is 5.92. The van der Waals surface area contributed by atoms with Crippen LogP contribution in [-0.2, 0) is 0 Å². The quantitative estimate of drug-likeness (QED) is 0.766. The largest absolute Gasteiger partial charge is 0.478 e. The highest BCUT2D eigenvalue weighted by Crippen LogP contribution is 2.19. The summed E-state index contributed by atoms with van der Waals surface area (Å²) in [6.45, 7) is 2.81. The van der Waals surface area contributed by atoms with Gasteiger partial charge >= 0.3 is 12.0 Å². The van der Waals surface area contributed by atoms with Gasteiger partial charge in [0.25, 0.3) is 0 Å². The fourth-order valence-corrected chi connectivity index (χ4v) is 2.29. The van der Waals surface area contributed by atoms with Crippen molar-refractivity contribution in [1.82, 2.24) is 4.90 Å². The van der Waals surface area contributed by atoms with Crippen LogP contribution in [0.2, 0.25) is 0 Å². The Morgan fingerprint density at radius 3 is 2.70 bits per heavy atom. The number of carboxylic acids is 1. The number of benzene rings is 1. The molecule has 6 heteroatoms. The molecule has 1 aliphatic rings. The first kappa shape index (κ1) is 14.3. The number of aliphatic hydroxyl groups excluding tert-OH is 1. The Bertz CT molecular complexity index is 518. The molecule has 1 aromatic carbocycles. The average molecular weight is 278 g/mol. The van der Waals surface area contributed by atoms with Gasteiger partial charge in [-0.1, -0.05) is 19.1 Å². The first-order chi connectivity index (χ1) is 9.49. The van der Waals surface area contributed by atoms with E-state index in [1.807, 2.05) is 6.92 Å². The van der Waals surface area contributed by atoms with Crippen molar-refractivity contribution in [2.24, 2.45) is 5.92 Å². The second-order valence-corrected chi connectivity index (χ2v) is 5.06. The maximum absolute atomic E-state index is 12.1. The zero-order chi connectivity index (χ0) is 14.7. The van der Waals surface area contributed by atoms with E-state index in [0.717, 1.165) is 0 Å². The summed E-state index contributed by atoms with van der Waals surface area (Å²) in [5, 5.41) is 21.3. The number of piperidine rings is 1. The molecule has 0 aromatic heterocycles. The number of likely N-dealkylation sites (tertiary alicyclic amines) is 1. The molecule has 1 aliphatic heterocycles. The van der Waals surface area contributed by atoms with Gasteiger partial charge in [-0.15, -0.1) is 0 Å². The molecule has 108 valence electrons. The molecule has 1 heterocycles. The monoisotopic (exact) mass is 278 g/mol. The van der Waals surface area contributed by atoms with Crippen molar-refractivity contribution >= 4 is 17.7 Å². The van der Waals surface area contributed by atoms with E-state index in [4.69, 9.17) is 5.11 Å². The van der Waals surface area contributed by atoms with Gasteiger partial charge in [-0.2, -0.15) is 0 Å². The first-order valence-corrected chi connectivity index (χ1v) is 6.55. The van der Waals surface area contributed by atoms with Crippen molar-refractivity contribution in [2.75, 3.05) is 18.4 Å². The third-order valence-corrected chi connectivity index (χ3v) is 3.55. The van der Waals surface area contributed by atoms with E-state index in [-0.39, 0.29) is 29.3 Å². The number of aliphatic hydroxyl groups is 1. The molecule has 0 saturated carbocycles. The molecule has 1 saturated heterocycles. The summed E-state index contributed by atoms with van der Waals surface area (Å²) in [4.78, 5) is 24.8. The Labute approximate surface area is 117 Å². The second-order valence-electron chi connectivity index (χ2n) is 5.06. The van der Waals surface area contributed by atoms with Crippen LogP contribution in [0, 0.1) is 5.92 Å². The minimum atomic E-state index is -1.08. The number of hydrogen-bond acceptors (Lipinski definition) is 3. The van der Waals surface area contributed by atoms with Crippen molar-refractivity contribution in [1.29, 1.82) is 0 Å². The number of carbonyl (C=O) groups excluding carboxylic acids is 1. The maximum Gasteiger partial charge on any atom is 0.337 e. The van der Waals surface area contributed by atoms with Gasteiger partial charge in [0.15, 0.2) is 0 Å². The predicted molar refractivity (Wildman–Crippen MR) is 73.8 cm³/mol. The minimum Gasteiger partial charge on any atom is -0.478 e. The number of carboxylic acid groups (broad SMARTS) is 1. The lowest BCUT2D eigenvalue weighted by Gasteiger charge is -2.34. The van der Waals surface area contributed by atoms with Crippen molar-refractivity contribution in [3.05, 3.63) is 29.8 Å². The smallest absolute Gasteiger partial charge is 0.337 e. The third-order valence-electron chi connectivity index (χ3n) is 3.55. The van der Waals surface area contributed by atoms with Crippen LogP contribution in [0.25, 0.3) is 0 Å². The number of nitrogens with one attached hydrogen (secondary N) is 1. The molecular formula is C14H18N2O4. The fourth-order valence-electron chi connectivity index (χ4n) is 2.29. The van der Waals surface area contributed by atoms with E-state index >= 15 is 0 Å². The van der Waals surface area contributed by atoms with E-state index in [2.05, 4.69) is 5.32 Å². The van der Waals surface area contributed by atoms with Crippen molar-refractivity contribution in [2.45, 2.75) is 19.4 Å². The number of carbonyl (C=O) groups is 2. The third kappa shape index (κ3) is 3.08. The van der Waals surface area contributed by atoms with E-state index < -0.39 is 5.97 Å². The maximum atomic E-state index is 12.1. The zero-order valence-electron chi connectivity index (χ0n) is 11.2. The van der Waals surface area contributed by atoms with Crippen LogP contribution in [0.4, 0.5) is 10.5 Å². The van der Waals surface area contributed by atoms with Gasteiger partial charge in [0.2, 0.25) is 0 Å². The van der Waals surface area contributed by atoms with Crippen LogP contribution in [0.1, 0.15) is 23.7 Å². The Hall–Kier alpha value is -2.08. The number of para-hydroxylation sites is 1. The van der Waals surface area contributed by atoms with Crippen molar-refractivity contribution < 1.29 is 19.8 Å². The van der Waals surface area contributed by atoms with Gasteiger partial charge in [0.05, 0.1) is 17.4 Å². The average Bonchev–Trinajstić information content (AvgIpc) is 2.42. The van der Waals surface area contributed by atoms with Crippen LogP contribution in [-0.4, -0.2) is 46.3 Å². The van der Waals surface area contributed by atoms with E-state index in [9.17, 15) is 14.7 Å². The Morgan fingerprint density at radius 1 is 1.35 bits per heavy atom. The lowest BCUT2D eigenvalue weighted by Crippen LogP contribution is -2.46. The molecule has 2 atom stereocenters. The summed E-state index contributed by atoms with van der Waals surface area (Å²) in [6.07, 6.45) is 0.153. The number of nitrogens with zero attached hydrogens (tertiary/aromatic N) is 1.